The molecule has 0 radical (unpaired) electrons. The number of nitrogens with zero attached hydrogens (tertiary/aromatic N) is 3. The predicted octanol–water partition coefficient (Wildman–Crippen LogP) is 4.80. The van der Waals surface area contributed by atoms with Crippen LogP contribution in [0.5, 0.6) is 5.75 Å². The van der Waals surface area contributed by atoms with E-state index in [0.717, 1.165) is 35.3 Å². The molecule has 0 bridgehead atoms. The van der Waals surface area contributed by atoms with Gasteiger partial charge in [0.1, 0.15) is 11.4 Å². The van der Waals surface area contributed by atoms with E-state index < -0.39 is 6.10 Å². The van der Waals surface area contributed by atoms with Gasteiger partial charge in [0.25, 0.3) is 5.89 Å². The van der Waals surface area contributed by atoms with E-state index in [4.69, 9.17) is 9.26 Å². The summed E-state index contributed by atoms with van der Waals surface area (Å²) in [6, 6.07) is 5.98. The highest BCUT2D eigenvalue weighted by Crippen LogP contribution is 2.32. The number of pyridine rings is 1. The number of rotatable bonds is 8. The van der Waals surface area contributed by atoms with E-state index in [-0.39, 0.29) is 0 Å². The van der Waals surface area contributed by atoms with E-state index in [9.17, 15) is 5.11 Å². The fourth-order valence-corrected chi connectivity index (χ4v) is 3.68. The molecule has 1 N–H and O–H groups in total. The summed E-state index contributed by atoms with van der Waals surface area (Å²) in [5, 5.41) is 14.1. The molecule has 0 fully saturated rings. The molecule has 0 aliphatic heterocycles. The molecular formula is C24H31N3O3. The monoisotopic (exact) mass is 409 g/mol. The molecule has 0 unspecified atom stereocenters. The van der Waals surface area contributed by atoms with Crippen LogP contribution >= 0.6 is 0 Å². The molecule has 0 spiro atoms. The van der Waals surface area contributed by atoms with Gasteiger partial charge in [-0.25, -0.2) is 0 Å². The number of aromatic nitrogens is 3. The molecule has 2 heterocycles. The largest absolute Gasteiger partial charge is 0.496 e. The highest BCUT2D eigenvalue weighted by Gasteiger charge is 2.18. The van der Waals surface area contributed by atoms with Gasteiger partial charge in [0.05, 0.1) is 13.2 Å². The van der Waals surface area contributed by atoms with Crippen LogP contribution in [0.2, 0.25) is 0 Å². The number of aliphatic hydroxyl groups excluding tert-OH is 1. The molecule has 0 saturated heterocycles. The molecule has 0 aliphatic carbocycles. The number of methoxy groups -OCH3 is 1. The third-order valence-electron chi connectivity index (χ3n) is 5.09. The summed E-state index contributed by atoms with van der Waals surface area (Å²) in [5.41, 5.74) is 5.90. The fourth-order valence-electron chi connectivity index (χ4n) is 3.68. The average molecular weight is 410 g/mol. The normalized spacial score (nSPS) is 12.4. The highest BCUT2D eigenvalue weighted by atomic mass is 16.5. The fraction of sp³-hybridized carbons (Fsp3) is 0.458. The van der Waals surface area contributed by atoms with Crippen molar-refractivity contribution in [1.29, 1.82) is 0 Å². The zero-order valence-electron chi connectivity index (χ0n) is 18.7. The lowest BCUT2D eigenvalue weighted by Crippen LogP contribution is -2.07. The first-order valence-corrected chi connectivity index (χ1v) is 10.5. The van der Waals surface area contributed by atoms with Gasteiger partial charge in [-0.15, -0.1) is 0 Å². The Morgan fingerprint density at radius 2 is 1.80 bits per heavy atom. The van der Waals surface area contributed by atoms with Crippen LogP contribution in [0.25, 0.3) is 23.0 Å². The first-order chi connectivity index (χ1) is 14.3. The molecule has 160 valence electrons. The Bertz CT molecular complexity index is 1010. The smallest absolute Gasteiger partial charge is 0.276 e. The van der Waals surface area contributed by atoms with Gasteiger partial charge in [0, 0.05) is 18.2 Å². The van der Waals surface area contributed by atoms with Gasteiger partial charge in [-0.3, -0.25) is 4.98 Å². The average Bonchev–Trinajstić information content (AvgIpc) is 3.18. The van der Waals surface area contributed by atoms with Crippen molar-refractivity contribution in [2.45, 2.75) is 60.0 Å². The van der Waals surface area contributed by atoms with Gasteiger partial charge in [0.15, 0.2) is 0 Å². The second-order valence-corrected chi connectivity index (χ2v) is 8.25. The molecule has 6 heteroatoms. The van der Waals surface area contributed by atoms with E-state index in [1.807, 2.05) is 24.4 Å². The van der Waals surface area contributed by atoms with Crippen molar-refractivity contribution in [2.75, 3.05) is 7.11 Å². The van der Waals surface area contributed by atoms with E-state index in [2.05, 4.69) is 42.8 Å². The molecule has 0 saturated carbocycles. The van der Waals surface area contributed by atoms with Crippen LogP contribution in [-0.4, -0.2) is 33.4 Å². The van der Waals surface area contributed by atoms with Gasteiger partial charge < -0.3 is 14.4 Å². The van der Waals surface area contributed by atoms with Crippen molar-refractivity contribution in [3.05, 3.63) is 46.6 Å². The van der Waals surface area contributed by atoms with Crippen molar-refractivity contribution >= 4 is 0 Å². The summed E-state index contributed by atoms with van der Waals surface area (Å²) in [5.74, 6) is 2.28. The van der Waals surface area contributed by atoms with Crippen LogP contribution in [-0.2, 0) is 19.3 Å². The maximum atomic E-state index is 9.89. The van der Waals surface area contributed by atoms with E-state index in [1.54, 1.807) is 14.0 Å². The second-order valence-electron chi connectivity index (χ2n) is 8.25. The zero-order valence-corrected chi connectivity index (χ0v) is 18.7. The Morgan fingerprint density at radius 1 is 1.07 bits per heavy atom. The Kier molecular flexibility index (Phi) is 6.87. The number of hydrogen-bond donors (Lipinski definition) is 1. The van der Waals surface area contributed by atoms with Crippen molar-refractivity contribution < 1.29 is 14.4 Å². The third-order valence-corrected chi connectivity index (χ3v) is 5.09. The number of aliphatic hydroxyl groups is 1. The summed E-state index contributed by atoms with van der Waals surface area (Å²) >= 11 is 0. The minimum absolute atomic E-state index is 0.398. The quantitative estimate of drug-likeness (QED) is 0.575. The minimum atomic E-state index is -0.476. The van der Waals surface area contributed by atoms with Crippen LogP contribution in [0.15, 0.2) is 28.9 Å². The van der Waals surface area contributed by atoms with E-state index in [1.165, 1.54) is 11.1 Å². The molecule has 1 atom stereocenters. The molecule has 0 amide bonds. The van der Waals surface area contributed by atoms with Crippen molar-refractivity contribution in [3.63, 3.8) is 0 Å². The SMILES string of the molecule is CCc1cc(-c2noc(-c3cc(C)c(CC(C)C)cn3)n2)cc(C[C@H](C)O)c1OC. The van der Waals surface area contributed by atoms with Crippen LogP contribution in [0, 0.1) is 12.8 Å². The number of benzene rings is 1. The Morgan fingerprint density at radius 3 is 2.40 bits per heavy atom. The Balaban J connectivity index is 1.97. The summed E-state index contributed by atoms with van der Waals surface area (Å²) in [6.07, 6.45) is 3.71. The molecule has 0 aliphatic rings. The van der Waals surface area contributed by atoms with Gasteiger partial charge in [-0.2, -0.15) is 4.98 Å². The van der Waals surface area contributed by atoms with Crippen molar-refractivity contribution in [1.82, 2.24) is 15.1 Å². The number of ether oxygens (including phenoxy) is 1. The first-order valence-electron chi connectivity index (χ1n) is 10.5. The zero-order chi connectivity index (χ0) is 21.8. The summed E-state index contributed by atoms with van der Waals surface area (Å²) in [7, 11) is 1.66. The molecule has 6 nitrogen and oxygen atoms in total. The second kappa shape index (κ2) is 9.39. The number of aryl methyl sites for hydroxylation is 2. The lowest BCUT2D eigenvalue weighted by molar-refractivity contribution is 0.194. The topological polar surface area (TPSA) is 81.3 Å². The van der Waals surface area contributed by atoms with Gasteiger partial charge in [-0.1, -0.05) is 25.9 Å². The highest BCUT2D eigenvalue weighted by molar-refractivity contribution is 5.63. The minimum Gasteiger partial charge on any atom is -0.496 e. The third kappa shape index (κ3) is 4.87. The molecule has 1 aromatic carbocycles. The summed E-state index contributed by atoms with van der Waals surface area (Å²) < 4.78 is 11.1. The van der Waals surface area contributed by atoms with Crippen LogP contribution < -0.4 is 4.74 Å². The van der Waals surface area contributed by atoms with Crippen LogP contribution in [0.1, 0.15) is 49.9 Å². The lowest BCUT2D eigenvalue weighted by atomic mass is 9.98. The molecule has 2 aromatic heterocycles. The van der Waals surface area contributed by atoms with Gasteiger partial charge in [0.2, 0.25) is 5.82 Å². The van der Waals surface area contributed by atoms with Gasteiger partial charge >= 0.3 is 0 Å². The first kappa shape index (κ1) is 22.0. The molecule has 3 aromatic rings. The lowest BCUT2D eigenvalue weighted by Gasteiger charge is -2.15. The van der Waals surface area contributed by atoms with Crippen molar-refractivity contribution in [2.24, 2.45) is 5.92 Å². The molecule has 30 heavy (non-hydrogen) atoms. The van der Waals surface area contributed by atoms with Crippen molar-refractivity contribution in [3.8, 4) is 28.7 Å². The summed E-state index contributed by atoms with van der Waals surface area (Å²) in [4.78, 5) is 9.13. The van der Waals surface area contributed by atoms with E-state index >= 15 is 0 Å². The predicted molar refractivity (Wildman–Crippen MR) is 118 cm³/mol. The standard InChI is InChI=1S/C24H31N3O3/c1-7-17-11-19(12-18(10-16(5)28)22(17)29-6)23-26-24(30-27-23)21-9-15(4)20(13-25-21)8-14(2)3/h9,11-14,16,28H,7-8,10H2,1-6H3/t16-/m0/s1. The molecule has 3 rings (SSSR count). The Labute approximate surface area is 178 Å². The maximum Gasteiger partial charge on any atom is 0.276 e. The summed E-state index contributed by atoms with van der Waals surface area (Å²) in [6.45, 7) is 10.3. The Hall–Kier alpha value is -2.73. The van der Waals surface area contributed by atoms with Crippen LogP contribution in [0.4, 0.5) is 0 Å². The van der Waals surface area contributed by atoms with Gasteiger partial charge in [-0.05, 0) is 73.1 Å². The van der Waals surface area contributed by atoms with E-state index in [0.29, 0.717) is 29.7 Å². The maximum absolute atomic E-state index is 9.89. The number of hydrogen-bond acceptors (Lipinski definition) is 6. The van der Waals surface area contributed by atoms with Crippen LogP contribution in [0.3, 0.4) is 0 Å². The molecular weight excluding hydrogens is 378 g/mol.